The van der Waals surface area contributed by atoms with E-state index in [0.717, 1.165) is 18.9 Å². The topological polar surface area (TPSA) is 24.5 Å². The van der Waals surface area contributed by atoms with Crippen LogP contribution in [0.15, 0.2) is 0 Å². The van der Waals surface area contributed by atoms with Crippen LogP contribution < -0.4 is 5.32 Å². The molecule has 0 aliphatic carbocycles. The Morgan fingerprint density at radius 3 is 2.16 bits per heavy atom. The molecule has 19 heavy (non-hydrogen) atoms. The highest BCUT2D eigenvalue weighted by atomic mass is 16.5. The number of likely N-dealkylation sites (N-methyl/N-ethyl adjacent to an activating group) is 1. The van der Waals surface area contributed by atoms with Gasteiger partial charge in [0.05, 0.1) is 11.2 Å². The molecule has 114 valence electrons. The average molecular weight is 270 g/mol. The zero-order valence-corrected chi connectivity index (χ0v) is 14.2. The van der Waals surface area contributed by atoms with Gasteiger partial charge in [-0.3, -0.25) is 0 Å². The zero-order chi connectivity index (χ0) is 14.8. The molecule has 1 aliphatic heterocycles. The van der Waals surface area contributed by atoms with Gasteiger partial charge in [-0.25, -0.2) is 0 Å². The first-order valence-corrected chi connectivity index (χ1v) is 7.63. The van der Waals surface area contributed by atoms with Crippen molar-refractivity contribution in [3.8, 4) is 0 Å². The van der Waals surface area contributed by atoms with E-state index < -0.39 is 0 Å². The summed E-state index contributed by atoms with van der Waals surface area (Å²) in [4.78, 5) is 2.33. The second kappa shape index (κ2) is 6.11. The fraction of sp³-hybridized carbons (Fsp3) is 1.00. The van der Waals surface area contributed by atoms with Crippen molar-refractivity contribution in [2.75, 3.05) is 20.6 Å². The number of nitrogens with zero attached hydrogens (tertiary/aromatic N) is 1. The third-order valence-corrected chi connectivity index (χ3v) is 4.15. The van der Waals surface area contributed by atoms with Crippen LogP contribution in [0.5, 0.6) is 0 Å². The summed E-state index contributed by atoms with van der Waals surface area (Å²) in [5.41, 5.74) is -0.0784. The van der Waals surface area contributed by atoms with Crippen molar-refractivity contribution in [1.29, 1.82) is 0 Å². The van der Waals surface area contributed by atoms with Gasteiger partial charge in [-0.15, -0.1) is 0 Å². The molecule has 0 saturated carbocycles. The number of hydrogen-bond donors (Lipinski definition) is 1. The lowest BCUT2D eigenvalue weighted by Gasteiger charge is -2.31. The van der Waals surface area contributed by atoms with E-state index in [1.54, 1.807) is 0 Å². The number of hydrogen-bond acceptors (Lipinski definition) is 3. The van der Waals surface area contributed by atoms with Crippen molar-refractivity contribution < 1.29 is 4.74 Å². The highest BCUT2D eigenvalue weighted by Gasteiger charge is 2.45. The van der Waals surface area contributed by atoms with Crippen molar-refractivity contribution in [1.82, 2.24) is 10.2 Å². The van der Waals surface area contributed by atoms with Gasteiger partial charge < -0.3 is 15.0 Å². The van der Waals surface area contributed by atoms with Crippen LogP contribution >= 0.6 is 0 Å². The molecule has 0 radical (unpaired) electrons. The summed E-state index contributed by atoms with van der Waals surface area (Å²) >= 11 is 0. The molecule has 1 N–H and O–H groups in total. The van der Waals surface area contributed by atoms with E-state index in [1.807, 2.05) is 0 Å². The van der Waals surface area contributed by atoms with Gasteiger partial charge in [-0.05, 0) is 60.5 Å². The maximum Gasteiger partial charge on any atom is 0.0787 e. The Bertz CT molecular complexity index is 284. The number of nitrogens with one attached hydrogen (secondary N) is 1. The first-order chi connectivity index (χ1) is 8.53. The summed E-state index contributed by atoms with van der Waals surface area (Å²) in [7, 11) is 4.35. The highest BCUT2D eigenvalue weighted by Crippen LogP contribution is 2.37. The molecular weight excluding hydrogens is 236 g/mol. The monoisotopic (exact) mass is 270 g/mol. The van der Waals surface area contributed by atoms with E-state index in [0.29, 0.717) is 12.1 Å². The summed E-state index contributed by atoms with van der Waals surface area (Å²) in [6, 6.07) is 1.04. The molecule has 2 unspecified atom stereocenters. The third-order valence-electron chi connectivity index (χ3n) is 4.15. The zero-order valence-electron chi connectivity index (χ0n) is 14.2. The maximum atomic E-state index is 6.15. The number of rotatable bonds is 6. The molecule has 2 atom stereocenters. The minimum atomic E-state index is -0.0712. The van der Waals surface area contributed by atoms with Gasteiger partial charge in [0.2, 0.25) is 0 Å². The van der Waals surface area contributed by atoms with E-state index in [2.05, 4.69) is 65.9 Å². The van der Waals surface area contributed by atoms with Crippen molar-refractivity contribution >= 4 is 0 Å². The van der Waals surface area contributed by atoms with E-state index in [9.17, 15) is 0 Å². The Hall–Kier alpha value is -0.120. The van der Waals surface area contributed by atoms with Crippen LogP contribution in [0.2, 0.25) is 0 Å². The highest BCUT2D eigenvalue weighted by molar-refractivity contribution is 4.99. The second-order valence-corrected chi connectivity index (χ2v) is 7.88. The molecule has 1 saturated heterocycles. The van der Waals surface area contributed by atoms with Gasteiger partial charge in [0.1, 0.15) is 0 Å². The Kier molecular flexibility index (Phi) is 5.44. The Morgan fingerprint density at radius 2 is 1.79 bits per heavy atom. The summed E-state index contributed by atoms with van der Waals surface area (Å²) in [6.45, 7) is 14.4. The lowest BCUT2D eigenvalue weighted by molar-refractivity contribution is -0.0700. The molecule has 3 heteroatoms. The van der Waals surface area contributed by atoms with Crippen LogP contribution in [-0.4, -0.2) is 48.8 Å². The standard InChI is InChI=1S/C16H34N2O/c1-12(2)9-13(18(7)8)11-17-14-10-15(3,4)19-16(14,5)6/h12-14,17H,9-11H2,1-8H3. The van der Waals surface area contributed by atoms with Gasteiger partial charge in [-0.1, -0.05) is 13.8 Å². The van der Waals surface area contributed by atoms with Gasteiger partial charge in [-0.2, -0.15) is 0 Å². The third kappa shape index (κ3) is 5.05. The van der Waals surface area contributed by atoms with Gasteiger partial charge in [0.15, 0.2) is 0 Å². The van der Waals surface area contributed by atoms with Crippen molar-refractivity contribution in [3.63, 3.8) is 0 Å². The Balaban J connectivity index is 2.55. The molecule has 1 fully saturated rings. The molecule has 0 aromatic heterocycles. The van der Waals surface area contributed by atoms with Crippen LogP contribution in [0.4, 0.5) is 0 Å². The molecule has 0 bridgehead atoms. The fourth-order valence-corrected chi connectivity index (χ4v) is 3.18. The van der Waals surface area contributed by atoms with Gasteiger partial charge in [0.25, 0.3) is 0 Å². The van der Waals surface area contributed by atoms with Crippen LogP contribution in [0, 0.1) is 5.92 Å². The first-order valence-electron chi connectivity index (χ1n) is 7.63. The van der Waals surface area contributed by atoms with Crippen LogP contribution in [0.25, 0.3) is 0 Å². The SMILES string of the molecule is CC(C)CC(CNC1CC(C)(C)OC1(C)C)N(C)C. The lowest BCUT2D eigenvalue weighted by atomic mass is 9.93. The summed E-state index contributed by atoms with van der Waals surface area (Å²) in [5, 5.41) is 3.75. The number of ether oxygens (including phenoxy) is 1. The molecule has 0 spiro atoms. The van der Waals surface area contributed by atoms with E-state index in [4.69, 9.17) is 4.74 Å². The fourth-order valence-electron chi connectivity index (χ4n) is 3.18. The predicted molar refractivity (Wildman–Crippen MR) is 82.6 cm³/mol. The Morgan fingerprint density at radius 1 is 1.21 bits per heavy atom. The largest absolute Gasteiger partial charge is 0.368 e. The lowest BCUT2D eigenvalue weighted by Crippen LogP contribution is -2.48. The first kappa shape index (κ1) is 16.9. The molecule has 1 heterocycles. The van der Waals surface area contributed by atoms with Gasteiger partial charge in [0, 0.05) is 18.6 Å². The predicted octanol–water partition coefficient (Wildman–Crippen LogP) is 2.90. The molecular formula is C16H34N2O. The molecule has 0 aromatic rings. The summed E-state index contributed by atoms with van der Waals surface area (Å²) in [5.74, 6) is 0.735. The van der Waals surface area contributed by atoms with Crippen LogP contribution in [0.1, 0.15) is 54.4 Å². The van der Waals surface area contributed by atoms with Crippen molar-refractivity contribution in [3.05, 3.63) is 0 Å². The minimum Gasteiger partial charge on any atom is -0.368 e. The smallest absolute Gasteiger partial charge is 0.0787 e. The van der Waals surface area contributed by atoms with E-state index >= 15 is 0 Å². The summed E-state index contributed by atoms with van der Waals surface area (Å²) < 4.78 is 6.15. The average Bonchev–Trinajstić information content (AvgIpc) is 2.40. The quantitative estimate of drug-likeness (QED) is 0.803. The maximum absolute atomic E-state index is 6.15. The second-order valence-electron chi connectivity index (χ2n) is 7.88. The molecule has 1 rings (SSSR count). The molecule has 0 amide bonds. The minimum absolute atomic E-state index is 0.00712. The molecule has 3 nitrogen and oxygen atoms in total. The Labute approximate surface area is 120 Å². The normalized spacial score (nSPS) is 27.2. The van der Waals surface area contributed by atoms with Crippen molar-refractivity contribution in [2.45, 2.75) is 77.7 Å². The van der Waals surface area contributed by atoms with Crippen LogP contribution in [0.3, 0.4) is 0 Å². The van der Waals surface area contributed by atoms with Crippen LogP contribution in [-0.2, 0) is 4.74 Å². The van der Waals surface area contributed by atoms with E-state index in [1.165, 1.54) is 6.42 Å². The van der Waals surface area contributed by atoms with Gasteiger partial charge >= 0.3 is 0 Å². The molecule has 1 aliphatic rings. The van der Waals surface area contributed by atoms with E-state index in [-0.39, 0.29) is 11.2 Å². The molecule has 0 aromatic carbocycles. The summed E-state index contributed by atoms with van der Waals surface area (Å²) in [6.07, 6.45) is 2.32. The van der Waals surface area contributed by atoms with Crippen molar-refractivity contribution in [2.24, 2.45) is 5.92 Å².